The third-order valence-corrected chi connectivity index (χ3v) is 3.07. The molecule has 0 aliphatic carbocycles. The highest BCUT2D eigenvalue weighted by Gasteiger charge is 2.13. The Kier molecular flexibility index (Phi) is 3.38. The fourth-order valence-electron chi connectivity index (χ4n) is 2.06. The van der Waals surface area contributed by atoms with E-state index in [4.69, 9.17) is 4.52 Å². The highest BCUT2D eigenvalue weighted by Crippen LogP contribution is 2.13. The molecule has 0 amide bonds. The van der Waals surface area contributed by atoms with Gasteiger partial charge >= 0.3 is 0 Å². The van der Waals surface area contributed by atoms with Gasteiger partial charge in [-0.15, -0.1) is 0 Å². The summed E-state index contributed by atoms with van der Waals surface area (Å²) in [6.07, 6.45) is 1.06. The maximum absolute atomic E-state index is 5.15. The average Bonchev–Trinajstić information content (AvgIpc) is 2.58. The van der Waals surface area contributed by atoms with E-state index in [1.165, 1.54) is 5.56 Å². The first-order valence-electron chi connectivity index (χ1n) is 5.62. The zero-order valence-corrected chi connectivity index (χ0v) is 9.55. The lowest BCUT2D eigenvalue weighted by Gasteiger charge is -2.26. The minimum Gasteiger partial charge on any atom is -0.361 e. The van der Waals surface area contributed by atoms with Crippen LogP contribution in [0.1, 0.15) is 17.0 Å². The van der Waals surface area contributed by atoms with Gasteiger partial charge in [0.15, 0.2) is 0 Å². The number of aryl methyl sites for hydroxylation is 2. The van der Waals surface area contributed by atoms with Gasteiger partial charge in [0.2, 0.25) is 0 Å². The molecule has 1 N–H and O–H groups in total. The summed E-state index contributed by atoms with van der Waals surface area (Å²) in [4.78, 5) is 2.49. The zero-order valence-electron chi connectivity index (χ0n) is 9.55. The maximum Gasteiger partial charge on any atom is 0.137 e. The summed E-state index contributed by atoms with van der Waals surface area (Å²) in [5.41, 5.74) is 2.33. The quantitative estimate of drug-likeness (QED) is 0.797. The molecule has 2 rings (SSSR count). The van der Waals surface area contributed by atoms with Crippen molar-refractivity contribution in [2.45, 2.75) is 20.3 Å². The molecule has 0 aromatic carbocycles. The molecule has 2 heterocycles. The van der Waals surface area contributed by atoms with Crippen molar-refractivity contribution in [2.75, 3.05) is 32.7 Å². The van der Waals surface area contributed by atoms with Gasteiger partial charge in [-0.05, 0) is 20.3 Å². The second kappa shape index (κ2) is 4.77. The van der Waals surface area contributed by atoms with E-state index in [-0.39, 0.29) is 0 Å². The van der Waals surface area contributed by atoms with E-state index in [1.807, 2.05) is 13.8 Å². The van der Waals surface area contributed by atoms with Gasteiger partial charge in [-0.25, -0.2) is 0 Å². The van der Waals surface area contributed by atoms with E-state index < -0.39 is 0 Å². The van der Waals surface area contributed by atoms with Crippen LogP contribution in [0.25, 0.3) is 0 Å². The number of hydrogen-bond donors (Lipinski definition) is 1. The van der Waals surface area contributed by atoms with Gasteiger partial charge in [-0.1, -0.05) is 5.16 Å². The fraction of sp³-hybridized carbons (Fsp3) is 0.727. The third-order valence-electron chi connectivity index (χ3n) is 3.07. The summed E-state index contributed by atoms with van der Waals surface area (Å²) < 4.78 is 5.15. The van der Waals surface area contributed by atoms with Crippen LogP contribution in [0.5, 0.6) is 0 Å². The monoisotopic (exact) mass is 209 g/mol. The first kappa shape index (κ1) is 10.6. The molecule has 1 aromatic rings. The minimum absolute atomic E-state index is 0.975. The molecule has 0 saturated carbocycles. The molecule has 1 aromatic heterocycles. The van der Waals surface area contributed by atoms with E-state index in [1.54, 1.807) is 0 Å². The molecule has 1 saturated heterocycles. The molecule has 84 valence electrons. The van der Waals surface area contributed by atoms with Gasteiger partial charge in [0.25, 0.3) is 0 Å². The van der Waals surface area contributed by atoms with E-state index in [2.05, 4.69) is 15.4 Å². The summed E-state index contributed by atoms with van der Waals surface area (Å²) in [6, 6.07) is 0. The van der Waals surface area contributed by atoms with E-state index in [9.17, 15) is 0 Å². The molecule has 15 heavy (non-hydrogen) atoms. The Morgan fingerprint density at radius 2 is 2.07 bits per heavy atom. The lowest BCUT2D eigenvalue weighted by atomic mass is 10.1. The lowest BCUT2D eigenvalue weighted by molar-refractivity contribution is 0.243. The van der Waals surface area contributed by atoms with Crippen molar-refractivity contribution in [3.8, 4) is 0 Å². The van der Waals surface area contributed by atoms with Gasteiger partial charge in [0.05, 0.1) is 5.69 Å². The number of aromatic nitrogens is 1. The summed E-state index contributed by atoms with van der Waals surface area (Å²) in [5, 5.41) is 7.33. The van der Waals surface area contributed by atoms with Crippen molar-refractivity contribution in [1.82, 2.24) is 15.4 Å². The summed E-state index contributed by atoms with van der Waals surface area (Å²) in [5.74, 6) is 0.975. The van der Waals surface area contributed by atoms with E-state index in [0.717, 1.165) is 50.6 Å². The average molecular weight is 209 g/mol. The van der Waals surface area contributed by atoms with Crippen LogP contribution in [0.2, 0.25) is 0 Å². The lowest BCUT2D eigenvalue weighted by Crippen LogP contribution is -2.44. The number of rotatable bonds is 3. The Bertz CT molecular complexity index is 296. The Labute approximate surface area is 90.6 Å². The molecule has 1 aliphatic heterocycles. The van der Waals surface area contributed by atoms with Crippen LogP contribution in [-0.4, -0.2) is 42.8 Å². The van der Waals surface area contributed by atoms with Crippen LogP contribution < -0.4 is 5.32 Å². The number of nitrogens with one attached hydrogen (secondary N) is 1. The van der Waals surface area contributed by atoms with Crippen molar-refractivity contribution in [1.29, 1.82) is 0 Å². The van der Waals surface area contributed by atoms with Crippen LogP contribution in [0, 0.1) is 13.8 Å². The van der Waals surface area contributed by atoms with Gasteiger partial charge < -0.3 is 14.7 Å². The highest BCUT2D eigenvalue weighted by molar-refractivity contribution is 5.20. The zero-order chi connectivity index (χ0) is 10.7. The van der Waals surface area contributed by atoms with Gasteiger partial charge in [-0.3, -0.25) is 0 Å². The molecular formula is C11H19N3O. The molecule has 0 bridgehead atoms. The first-order valence-corrected chi connectivity index (χ1v) is 5.62. The van der Waals surface area contributed by atoms with Crippen LogP contribution >= 0.6 is 0 Å². The highest BCUT2D eigenvalue weighted by atomic mass is 16.5. The Hall–Kier alpha value is -0.870. The van der Waals surface area contributed by atoms with Crippen molar-refractivity contribution < 1.29 is 4.52 Å². The minimum atomic E-state index is 0.975. The third kappa shape index (κ3) is 2.58. The van der Waals surface area contributed by atoms with Crippen molar-refractivity contribution in [2.24, 2.45) is 0 Å². The molecule has 4 heteroatoms. The van der Waals surface area contributed by atoms with Crippen LogP contribution in [0.15, 0.2) is 4.52 Å². The Balaban J connectivity index is 1.87. The molecule has 0 atom stereocenters. The summed E-state index contributed by atoms with van der Waals surface area (Å²) in [6.45, 7) is 9.66. The number of hydrogen-bond acceptors (Lipinski definition) is 4. The topological polar surface area (TPSA) is 41.3 Å². The largest absolute Gasteiger partial charge is 0.361 e. The molecule has 0 radical (unpaired) electrons. The predicted octanol–water partition coefficient (Wildman–Crippen LogP) is 0.739. The summed E-state index contributed by atoms with van der Waals surface area (Å²) >= 11 is 0. The van der Waals surface area contributed by atoms with Crippen molar-refractivity contribution in [3.05, 3.63) is 17.0 Å². The van der Waals surface area contributed by atoms with E-state index in [0.29, 0.717) is 0 Å². The standard InChI is InChI=1S/C11H19N3O/c1-9-11(10(2)15-13-9)3-6-14-7-4-12-5-8-14/h12H,3-8H2,1-2H3. The summed E-state index contributed by atoms with van der Waals surface area (Å²) in [7, 11) is 0. The Morgan fingerprint density at radius 3 is 2.67 bits per heavy atom. The molecule has 0 unspecified atom stereocenters. The number of piperazine rings is 1. The fourth-order valence-corrected chi connectivity index (χ4v) is 2.06. The molecular weight excluding hydrogens is 190 g/mol. The second-order valence-corrected chi connectivity index (χ2v) is 4.14. The SMILES string of the molecule is Cc1noc(C)c1CCN1CCNCC1. The predicted molar refractivity (Wildman–Crippen MR) is 59.0 cm³/mol. The first-order chi connectivity index (χ1) is 7.27. The van der Waals surface area contributed by atoms with Gasteiger partial charge in [0, 0.05) is 38.3 Å². The van der Waals surface area contributed by atoms with Crippen molar-refractivity contribution >= 4 is 0 Å². The van der Waals surface area contributed by atoms with Crippen LogP contribution in [0.4, 0.5) is 0 Å². The molecule has 4 nitrogen and oxygen atoms in total. The van der Waals surface area contributed by atoms with Crippen molar-refractivity contribution in [3.63, 3.8) is 0 Å². The maximum atomic E-state index is 5.15. The van der Waals surface area contributed by atoms with Crippen LogP contribution in [-0.2, 0) is 6.42 Å². The number of nitrogens with zero attached hydrogens (tertiary/aromatic N) is 2. The molecule has 1 aliphatic rings. The van der Waals surface area contributed by atoms with E-state index >= 15 is 0 Å². The molecule has 1 fully saturated rings. The van der Waals surface area contributed by atoms with Crippen LogP contribution in [0.3, 0.4) is 0 Å². The Morgan fingerprint density at radius 1 is 1.33 bits per heavy atom. The smallest absolute Gasteiger partial charge is 0.137 e. The van der Waals surface area contributed by atoms with Gasteiger partial charge in [-0.2, -0.15) is 0 Å². The molecule has 0 spiro atoms. The second-order valence-electron chi connectivity index (χ2n) is 4.14. The normalized spacial score (nSPS) is 18.3. The van der Waals surface area contributed by atoms with Gasteiger partial charge in [0.1, 0.15) is 5.76 Å².